The summed E-state index contributed by atoms with van der Waals surface area (Å²) in [6, 6.07) is 0. The van der Waals surface area contributed by atoms with Gasteiger partial charge in [-0.2, -0.15) is 11.8 Å². The summed E-state index contributed by atoms with van der Waals surface area (Å²) in [5.74, 6) is 2.96. The molecule has 0 aliphatic carbocycles. The van der Waals surface area contributed by atoms with Crippen LogP contribution < -0.4 is 5.32 Å². The van der Waals surface area contributed by atoms with E-state index in [0.29, 0.717) is 0 Å². The zero-order chi connectivity index (χ0) is 17.7. The molecule has 0 saturated heterocycles. The van der Waals surface area contributed by atoms with Crippen molar-refractivity contribution in [2.75, 3.05) is 18.1 Å². The van der Waals surface area contributed by atoms with Crippen molar-refractivity contribution in [3.05, 3.63) is 0 Å². The van der Waals surface area contributed by atoms with Crippen molar-refractivity contribution in [1.29, 1.82) is 0 Å². The average Bonchev–Trinajstić information content (AvgIpc) is 2.59. The number of unbranched alkanes of at least 4 members (excludes halogenated alkanes) is 11. The Morgan fingerprint density at radius 3 is 1.88 bits per heavy atom. The van der Waals surface area contributed by atoms with E-state index < -0.39 is 0 Å². The third-order valence-corrected chi connectivity index (χ3v) is 5.59. The first-order valence-corrected chi connectivity index (χ1v) is 11.8. The van der Waals surface area contributed by atoms with Gasteiger partial charge in [0, 0.05) is 13.0 Å². The molecule has 24 heavy (non-hydrogen) atoms. The van der Waals surface area contributed by atoms with Gasteiger partial charge in [-0.15, -0.1) is 0 Å². The standard InChI is InChI=1S/C21H43NOS/c1-3-5-7-15-18-22-21(23)17-14-12-10-8-9-11-13-16-20-24-19-6-4-2/h3-20H2,1-2H3,(H,22,23). The fourth-order valence-corrected chi connectivity index (χ4v) is 3.87. The third-order valence-electron chi connectivity index (χ3n) is 4.44. The van der Waals surface area contributed by atoms with E-state index in [4.69, 9.17) is 0 Å². The van der Waals surface area contributed by atoms with Gasteiger partial charge >= 0.3 is 0 Å². The van der Waals surface area contributed by atoms with Crippen LogP contribution in [-0.2, 0) is 4.79 Å². The van der Waals surface area contributed by atoms with Crippen LogP contribution in [0.15, 0.2) is 0 Å². The van der Waals surface area contributed by atoms with Crippen LogP contribution in [0.1, 0.15) is 110 Å². The number of carbonyl (C=O) groups excluding carboxylic acids is 1. The van der Waals surface area contributed by atoms with Crippen LogP contribution in [0, 0.1) is 0 Å². The number of hydrogen-bond acceptors (Lipinski definition) is 2. The van der Waals surface area contributed by atoms with Crippen LogP contribution >= 0.6 is 11.8 Å². The summed E-state index contributed by atoms with van der Waals surface area (Å²) in [6.45, 7) is 5.35. The summed E-state index contributed by atoms with van der Waals surface area (Å²) in [4.78, 5) is 11.7. The summed E-state index contributed by atoms with van der Waals surface area (Å²) in [5.41, 5.74) is 0. The molecular weight excluding hydrogens is 314 g/mol. The van der Waals surface area contributed by atoms with Gasteiger partial charge in [0.2, 0.25) is 5.91 Å². The van der Waals surface area contributed by atoms with Crippen molar-refractivity contribution in [3.8, 4) is 0 Å². The van der Waals surface area contributed by atoms with Crippen molar-refractivity contribution in [2.24, 2.45) is 0 Å². The summed E-state index contributed by atoms with van der Waals surface area (Å²) >= 11 is 2.13. The van der Waals surface area contributed by atoms with Gasteiger partial charge in [0.15, 0.2) is 0 Å². The Morgan fingerprint density at radius 1 is 0.667 bits per heavy atom. The van der Waals surface area contributed by atoms with E-state index >= 15 is 0 Å². The quantitative estimate of drug-likeness (QED) is 0.260. The van der Waals surface area contributed by atoms with Gasteiger partial charge in [-0.3, -0.25) is 4.79 Å². The maximum Gasteiger partial charge on any atom is 0.219 e. The monoisotopic (exact) mass is 357 g/mol. The molecule has 0 aromatic carbocycles. The fourth-order valence-electron chi connectivity index (χ4n) is 2.77. The van der Waals surface area contributed by atoms with E-state index in [2.05, 4.69) is 30.9 Å². The minimum atomic E-state index is 0.257. The maximum absolute atomic E-state index is 11.7. The molecule has 1 N–H and O–H groups in total. The number of carbonyl (C=O) groups is 1. The second-order valence-electron chi connectivity index (χ2n) is 6.95. The van der Waals surface area contributed by atoms with Crippen molar-refractivity contribution < 1.29 is 4.79 Å². The zero-order valence-corrected chi connectivity index (χ0v) is 17.4. The predicted molar refractivity (Wildman–Crippen MR) is 111 cm³/mol. The van der Waals surface area contributed by atoms with Crippen LogP contribution in [0.4, 0.5) is 0 Å². The Kier molecular flexibility index (Phi) is 20.7. The lowest BCUT2D eigenvalue weighted by Gasteiger charge is -2.05. The van der Waals surface area contributed by atoms with Gasteiger partial charge in [-0.1, -0.05) is 78.1 Å². The van der Waals surface area contributed by atoms with Crippen molar-refractivity contribution >= 4 is 17.7 Å². The molecule has 2 nitrogen and oxygen atoms in total. The highest BCUT2D eigenvalue weighted by Gasteiger charge is 2.00. The molecule has 0 aromatic heterocycles. The van der Waals surface area contributed by atoms with E-state index in [1.54, 1.807) is 0 Å². The van der Waals surface area contributed by atoms with Crippen molar-refractivity contribution in [1.82, 2.24) is 5.32 Å². The number of amides is 1. The maximum atomic E-state index is 11.7. The second kappa shape index (κ2) is 20.9. The minimum Gasteiger partial charge on any atom is -0.356 e. The Hall–Kier alpha value is -0.180. The molecule has 0 unspecified atom stereocenters. The van der Waals surface area contributed by atoms with Crippen LogP contribution in [0.5, 0.6) is 0 Å². The Balaban J connectivity index is 3.10. The molecule has 0 radical (unpaired) electrons. The summed E-state index contributed by atoms with van der Waals surface area (Å²) in [7, 11) is 0. The summed E-state index contributed by atoms with van der Waals surface area (Å²) < 4.78 is 0. The molecule has 0 fully saturated rings. The van der Waals surface area contributed by atoms with Crippen LogP contribution in [0.2, 0.25) is 0 Å². The molecule has 3 heteroatoms. The molecule has 0 bridgehead atoms. The van der Waals surface area contributed by atoms with Gasteiger partial charge in [0.05, 0.1) is 0 Å². The highest BCUT2D eigenvalue weighted by molar-refractivity contribution is 7.99. The normalized spacial score (nSPS) is 10.9. The van der Waals surface area contributed by atoms with Gasteiger partial charge in [-0.25, -0.2) is 0 Å². The Morgan fingerprint density at radius 2 is 1.21 bits per heavy atom. The Labute approximate surface area is 156 Å². The fraction of sp³-hybridized carbons (Fsp3) is 0.952. The lowest BCUT2D eigenvalue weighted by atomic mass is 10.1. The molecule has 0 atom stereocenters. The topological polar surface area (TPSA) is 29.1 Å². The molecule has 0 heterocycles. The van der Waals surface area contributed by atoms with Gasteiger partial charge in [-0.05, 0) is 37.2 Å². The van der Waals surface area contributed by atoms with Gasteiger partial charge in [0.25, 0.3) is 0 Å². The van der Waals surface area contributed by atoms with Crippen LogP contribution in [-0.4, -0.2) is 24.0 Å². The largest absolute Gasteiger partial charge is 0.356 e. The molecule has 1 amide bonds. The smallest absolute Gasteiger partial charge is 0.219 e. The van der Waals surface area contributed by atoms with E-state index in [1.165, 1.54) is 88.6 Å². The molecule has 0 spiro atoms. The number of rotatable bonds is 19. The molecule has 144 valence electrons. The van der Waals surface area contributed by atoms with Gasteiger partial charge in [0.1, 0.15) is 0 Å². The molecule has 0 aliphatic heterocycles. The van der Waals surface area contributed by atoms with Crippen LogP contribution in [0.3, 0.4) is 0 Å². The van der Waals surface area contributed by atoms with E-state index in [1.807, 2.05) is 0 Å². The number of thioether (sulfide) groups is 1. The highest BCUT2D eigenvalue weighted by atomic mass is 32.2. The van der Waals surface area contributed by atoms with Crippen LogP contribution in [0.25, 0.3) is 0 Å². The molecule has 0 saturated carbocycles. The first-order valence-electron chi connectivity index (χ1n) is 10.7. The van der Waals surface area contributed by atoms with E-state index in [0.717, 1.165) is 25.8 Å². The Bertz CT molecular complexity index is 258. The van der Waals surface area contributed by atoms with Crippen molar-refractivity contribution in [2.45, 2.75) is 110 Å². The molecular formula is C21H43NOS. The average molecular weight is 358 g/mol. The first-order chi connectivity index (χ1) is 11.8. The van der Waals surface area contributed by atoms with E-state index in [-0.39, 0.29) is 5.91 Å². The minimum absolute atomic E-state index is 0.257. The highest BCUT2D eigenvalue weighted by Crippen LogP contribution is 2.12. The van der Waals surface area contributed by atoms with Gasteiger partial charge < -0.3 is 5.32 Å². The SMILES string of the molecule is CCCCCCNC(=O)CCCCCCCCCCSCCCC. The van der Waals surface area contributed by atoms with Crippen molar-refractivity contribution in [3.63, 3.8) is 0 Å². The second-order valence-corrected chi connectivity index (χ2v) is 8.18. The molecule has 0 aromatic rings. The summed E-state index contributed by atoms with van der Waals surface area (Å²) in [6.07, 6.45) is 18.9. The lowest BCUT2D eigenvalue weighted by molar-refractivity contribution is -0.121. The third kappa shape index (κ3) is 19.9. The summed E-state index contributed by atoms with van der Waals surface area (Å²) in [5, 5.41) is 3.04. The number of hydrogen-bond donors (Lipinski definition) is 1. The zero-order valence-electron chi connectivity index (χ0n) is 16.5. The molecule has 0 aliphatic rings. The van der Waals surface area contributed by atoms with E-state index in [9.17, 15) is 4.79 Å². The predicted octanol–water partition coefficient (Wildman–Crippen LogP) is 6.73. The molecule has 0 rings (SSSR count). The lowest BCUT2D eigenvalue weighted by Crippen LogP contribution is -2.23. The first kappa shape index (κ1) is 23.8. The number of nitrogens with one attached hydrogen (secondary N) is 1.